The molecule has 12 nitrogen and oxygen atoms in total. The van der Waals surface area contributed by atoms with Crippen LogP contribution in [-0.2, 0) is 10.2 Å². The Balaban J connectivity index is 0.786. The van der Waals surface area contributed by atoms with E-state index in [1.165, 1.54) is 12.0 Å². The number of likely N-dealkylation sites (tertiary alicyclic amines) is 1. The maximum atomic E-state index is 11.8. The number of anilines is 2. The fourth-order valence-electron chi connectivity index (χ4n) is 11.2. The third-order valence-corrected chi connectivity index (χ3v) is 13.9. The maximum Gasteiger partial charge on any atom is 0.314 e. The molecule has 2 saturated heterocycles. The van der Waals surface area contributed by atoms with Crippen LogP contribution < -0.4 is 10.6 Å². The topological polar surface area (TPSA) is 168 Å². The Morgan fingerprint density at radius 2 is 1.72 bits per heavy atom. The molecular weight excluding hydrogens is 681 g/mol. The lowest BCUT2D eigenvalue weighted by Gasteiger charge is -2.52. The van der Waals surface area contributed by atoms with Gasteiger partial charge in [0.2, 0.25) is 0 Å². The molecule has 9 rings (SSSR count). The minimum atomic E-state index is -0.855. The van der Waals surface area contributed by atoms with Crippen molar-refractivity contribution in [3.8, 4) is 17.0 Å². The molecular formula is C42H52N8O4. The lowest BCUT2D eigenvalue weighted by molar-refractivity contribution is -0.140. The number of hydrogen-bond acceptors (Lipinski definition) is 11. The zero-order valence-corrected chi connectivity index (χ0v) is 31.3. The van der Waals surface area contributed by atoms with E-state index in [0.29, 0.717) is 58.5 Å². The van der Waals surface area contributed by atoms with Gasteiger partial charge in [-0.3, -0.25) is 4.79 Å². The number of nitrogens with two attached hydrogens (primary N) is 1. The molecule has 1 aromatic carbocycles. The highest BCUT2D eigenvalue weighted by atomic mass is 16.5. The van der Waals surface area contributed by atoms with Crippen LogP contribution in [0, 0.1) is 23.7 Å². The number of hydrogen-bond donors (Lipinski definition) is 3. The largest absolute Gasteiger partial charge is 0.507 e. The van der Waals surface area contributed by atoms with E-state index < -0.39 is 11.9 Å². The van der Waals surface area contributed by atoms with E-state index >= 15 is 0 Å². The second-order valence-corrected chi connectivity index (χ2v) is 17.3. The number of benzene rings is 1. The fourth-order valence-corrected chi connectivity index (χ4v) is 11.2. The number of phenols is 1. The Morgan fingerprint density at radius 1 is 0.963 bits per heavy atom. The minimum Gasteiger partial charge on any atom is -0.507 e. The normalized spacial score (nSPS) is 29.2. The quantitative estimate of drug-likeness (QED) is 0.166. The molecule has 4 aromatic rings. The summed E-state index contributed by atoms with van der Waals surface area (Å²) in [5.74, 6) is 3.10. The highest BCUT2D eigenvalue weighted by molar-refractivity contribution is 5.75. The second kappa shape index (κ2) is 13.9. The van der Waals surface area contributed by atoms with Crippen LogP contribution >= 0.6 is 0 Å². The molecule has 5 atom stereocenters. The van der Waals surface area contributed by atoms with Crippen molar-refractivity contribution in [1.82, 2.24) is 30.2 Å². The van der Waals surface area contributed by atoms with Crippen molar-refractivity contribution in [2.24, 2.45) is 23.7 Å². The van der Waals surface area contributed by atoms with Gasteiger partial charge in [-0.15, -0.1) is 10.2 Å². The molecule has 54 heavy (non-hydrogen) atoms. The smallest absolute Gasteiger partial charge is 0.314 e. The number of aromatic nitrogens is 5. The monoisotopic (exact) mass is 732 g/mol. The summed E-state index contributed by atoms with van der Waals surface area (Å²) < 4.78 is 5.54. The van der Waals surface area contributed by atoms with Crippen LogP contribution in [0.3, 0.4) is 0 Å². The highest BCUT2D eigenvalue weighted by Gasteiger charge is 2.63. The number of rotatable bonds is 9. The number of piperidine rings is 1. The highest BCUT2D eigenvalue weighted by Crippen LogP contribution is 2.64. The predicted octanol–water partition coefficient (Wildman–Crippen LogP) is 6.74. The summed E-state index contributed by atoms with van der Waals surface area (Å²) >= 11 is 0. The molecule has 3 aromatic heterocycles. The van der Waals surface area contributed by atoms with E-state index in [1.54, 1.807) is 12.1 Å². The summed E-state index contributed by atoms with van der Waals surface area (Å²) in [7, 11) is 0. The zero-order chi connectivity index (χ0) is 37.1. The summed E-state index contributed by atoms with van der Waals surface area (Å²) in [5.41, 5.74) is 10.9. The van der Waals surface area contributed by atoms with Gasteiger partial charge in [0.15, 0.2) is 11.6 Å². The van der Waals surface area contributed by atoms with Crippen molar-refractivity contribution < 1.29 is 19.5 Å². The van der Waals surface area contributed by atoms with Crippen LogP contribution in [-0.4, -0.2) is 78.6 Å². The predicted molar refractivity (Wildman–Crippen MR) is 204 cm³/mol. The third-order valence-electron chi connectivity index (χ3n) is 13.9. The van der Waals surface area contributed by atoms with Gasteiger partial charge in [-0.2, -0.15) is 0 Å². The van der Waals surface area contributed by atoms with Crippen LogP contribution in [0.1, 0.15) is 112 Å². The first-order valence-electron chi connectivity index (χ1n) is 20.1. The number of phenolic OH excluding ortho intramolecular Hbond substituents is 1. The molecule has 0 amide bonds. The molecule has 12 heteroatoms. The Hall–Kier alpha value is -4.58. The molecule has 5 heterocycles. The average Bonchev–Trinajstić information content (AvgIpc) is 3.71. The van der Waals surface area contributed by atoms with E-state index in [2.05, 4.69) is 37.5 Å². The van der Waals surface area contributed by atoms with Gasteiger partial charge in [0, 0.05) is 54.5 Å². The number of nitrogens with zero attached hydrogens (tertiary/aromatic N) is 7. The molecule has 3 aliphatic carbocycles. The second-order valence-electron chi connectivity index (χ2n) is 17.3. The molecule has 5 fully saturated rings. The first-order valence-corrected chi connectivity index (χ1v) is 20.1. The number of nitrogen functional groups attached to an aromatic ring is 1. The maximum absolute atomic E-state index is 11.8. The standard InChI is InChI=1S/C42H52N8O4/c1-24(2)38(40(52)53)37-17-33(48-54-37)27-7-9-30(10-8-27)49-13-11-26(12-14-49)29-20-44-41(45-21-29)42-18-25-15-32(42)28(19-42)23-50(22-25)35-16-34(46-47-39(35)43)31-5-3-4-6-36(31)51/h3-6,16-17,20-21,24-28,30,32,38,51H,7-15,18-19,22-23H2,1-2H3,(H2,43,47)(H,52,53). The van der Waals surface area contributed by atoms with Gasteiger partial charge >= 0.3 is 5.97 Å². The first kappa shape index (κ1) is 35.1. The summed E-state index contributed by atoms with van der Waals surface area (Å²) in [5, 5.41) is 33.0. The number of carboxylic acid groups (broad SMARTS) is 1. The van der Waals surface area contributed by atoms with Crippen molar-refractivity contribution in [1.29, 1.82) is 0 Å². The van der Waals surface area contributed by atoms with Gasteiger partial charge in [0.25, 0.3) is 0 Å². The van der Waals surface area contributed by atoms with E-state index in [0.717, 1.165) is 94.8 Å². The molecule has 2 aliphatic heterocycles. The Labute approximate surface area is 316 Å². The Bertz CT molecular complexity index is 1980. The van der Waals surface area contributed by atoms with Crippen LogP contribution in [0.25, 0.3) is 11.3 Å². The van der Waals surface area contributed by atoms with Crippen LogP contribution in [0.5, 0.6) is 5.75 Å². The first-order chi connectivity index (χ1) is 26.2. The van der Waals surface area contributed by atoms with Gasteiger partial charge in [0.1, 0.15) is 17.5 Å². The average molecular weight is 733 g/mol. The minimum absolute atomic E-state index is 0.0484. The van der Waals surface area contributed by atoms with Crippen LogP contribution in [0.15, 0.2) is 53.3 Å². The number of aliphatic carboxylic acids is 1. The lowest BCUT2D eigenvalue weighted by Crippen LogP contribution is -2.54. The third kappa shape index (κ3) is 6.20. The summed E-state index contributed by atoms with van der Waals surface area (Å²) in [4.78, 5) is 27.1. The van der Waals surface area contributed by atoms with Gasteiger partial charge in [-0.1, -0.05) is 31.1 Å². The fraction of sp³-hybridized carbons (Fsp3) is 0.571. The van der Waals surface area contributed by atoms with E-state index in [9.17, 15) is 15.0 Å². The molecule has 4 N–H and O–H groups in total. The Morgan fingerprint density at radius 3 is 2.44 bits per heavy atom. The van der Waals surface area contributed by atoms with Crippen molar-refractivity contribution in [3.05, 3.63) is 71.6 Å². The lowest BCUT2D eigenvalue weighted by atomic mass is 9.54. The molecule has 284 valence electrons. The molecule has 2 bridgehead atoms. The number of carbonyl (C=O) groups is 1. The SMILES string of the molecule is CC(C)C(C(=O)O)c1cc(C2CCC(N3CCC(c4cnc(C56CC7CC5C(CN(c5cc(-c8ccccc8O)nnc5N)C7)C6)nc4)CC3)CC2)no1. The molecule has 0 spiro atoms. The van der Waals surface area contributed by atoms with Crippen LogP contribution in [0.2, 0.25) is 0 Å². The van der Waals surface area contributed by atoms with E-state index in [4.69, 9.17) is 20.2 Å². The van der Waals surface area contributed by atoms with E-state index in [1.807, 2.05) is 38.1 Å². The Kier molecular flexibility index (Phi) is 9.06. The van der Waals surface area contributed by atoms with Gasteiger partial charge in [-0.25, -0.2) is 9.97 Å². The van der Waals surface area contributed by atoms with Crippen molar-refractivity contribution in [2.45, 2.75) is 101 Å². The van der Waals surface area contributed by atoms with Gasteiger partial charge in [-0.05, 0) is 124 Å². The van der Waals surface area contributed by atoms with Gasteiger partial charge < -0.3 is 30.3 Å². The van der Waals surface area contributed by atoms with Gasteiger partial charge in [0.05, 0.1) is 17.1 Å². The van der Waals surface area contributed by atoms with Crippen molar-refractivity contribution >= 4 is 17.5 Å². The number of carboxylic acids is 1. The summed E-state index contributed by atoms with van der Waals surface area (Å²) in [6.07, 6.45) is 14.3. The van der Waals surface area contributed by atoms with Crippen molar-refractivity contribution in [2.75, 3.05) is 36.8 Å². The number of aromatic hydroxyl groups is 1. The zero-order valence-electron chi connectivity index (χ0n) is 31.3. The number of para-hydroxylation sites is 1. The molecule has 5 unspecified atom stereocenters. The van der Waals surface area contributed by atoms with Crippen LogP contribution in [0.4, 0.5) is 11.5 Å². The summed E-state index contributed by atoms with van der Waals surface area (Å²) in [6, 6.07) is 11.7. The summed E-state index contributed by atoms with van der Waals surface area (Å²) in [6.45, 7) is 7.88. The molecule has 3 saturated carbocycles. The molecule has 5 aliphatic rings. The van der Waals surface area contributed by atoms with Crippen molar-refractivity contribution in [3.63, 3.8) is 0 Å². The van der Waals surface area contributed by atoms with E-state index in [-0.39, 0.29) is 17.1 Å². The molecule has 0 radical (unpaired) electrons. The number of fused-ring (bicyclic) bond motifs is 1.